The van der Waals surface area contributed by atoms with Crippen LogP contribution in [-0.2, 0) is 13.1 Å². The van der Waals surface area contributed by atoms with Crippen LogP contribution in [0.15, 0.2) is 59.7 Å². The monoisotopic (exact) mass is 303 g/mol. The summed E-state index contributed by atoms with van der Waals surface area (Å²) in [6.45, 7) is 5.31. The molecule has 0 saturated heterocycles. The molecule has 0 bridgehead atoms. The summed E-state index contributed by atoms with van der Waals surface area (Å²) in [4.78, 5) is 2.06. The Kier molecular flexibility index (Phi) is 6.37. The quantitative estimate of drug-likeness (QED) is 0.717. The van der Waals surface area contributed by atoms with Crippen LogP contribution in [0.25, 0.3) is 0 Å². The number of hydrogen-bond donors (Lipinski definition) is 1. The van der Waals surface area contributed by atoms with Crippen LogP contribution in [0.5, 0.6) is 0 Å². The fourth-order valence-corrected chi connectivity index (χ4v) is 2.40. The molecule has 0 radical (unpaired) electrons. The second-order valence-electron chi connectivity index (χ2n) is 5.40. The van der Waals surface area contributed by atoms with E-state index in [0.717, 1.165) is 17.7 Å². The highest BCUT2D eigenvalue weighted by atomic mass is 19.1. The molecular weight excluding hydrogens is 281 g/mol. The number of aliphatic hydroxyl groups is 1. The minimum Gasteiger partial charge on any atom is -0.468 e. The Morgan fingerprint density at radius 3 is 2.82 bits per heavy atom. The maximum Gasteiger partial charge on any atom is 0.123 e. The highest BCUT2D eigenvalue weighted by Crippen LogP contribution is 2.13. The molecule has 1 heterocycles. The van der Waals surface area contributed by atoms with E-state index in [1.165, 1.54) is 12.1 Å². The van der Waals surface area contributed by atoms with Crippen LogP contribution in [0.1, 0.15) is 24.2 Å². The van der Waals surface area contributed by atoms with Crippen LogP contribution >= 0.6 is 0 Å². The average molecular weight is 303 g/mol. The third kappa shape index (κ3) is 5.47. The summed E-state index contributed by atoms with van der Waals surface area (Å²) in [6.07, 6.45) is 4.43. The van der Waals surface area contributed by atoms with Gasteiger partial charge in [-0.25, -0.2) is 4.39 Å². The zero-order valence-electron chi connectivity index (χ0n) is 12.6. The van der Waals surface area contributed by atoms with E-state index in [0.29, 0.717) is 26.1 Å². The van der Waals surface area contributed by atoms with Crippen LogP contribution in [0.4, 0.5) is 4.39 Å². The minimum absolute atomic E-state index is 0.248. The van der Waals surface area contributed by atoms with Gasteiger partial charge in [0, 0.05) is 13.1 Å². The third-order valence-electron chi connectivity index (χ3n) is 3.43. The van der Waals surface area contributed by atoms with Crippen molar-refractivity contribution in [3.63, 3.8) is 0 Å². The molecule has 1 atom stereocenters. The molecule has 3 nitrogen and oxygen atoms in total. The van der Waals surface area contributed by atoms with Crippen molar-refractivity contribution >= 4 is 0 Å². The molecule has 0 fully saturated rings. The molecule has 0 saturated carbocycles. The Balaban J connectivity index is 2.01. The van der Waals surface area contributed by atoms with Crippen LogP contribution in [-0.4, -0.2) is 22.7 Å². The number of aliphatic hydroxyl groups excluding tert-OH is 1. The molecular formula is C18H22FNO2. The first kappa shape index (κ1) is 16.5. The first-order valence-corrected chi connectivity index (χ1v) is 7.45. The van der Waals surface area contributed by atoms with Crippen molar-refractivity contribution in [3.8, 4) is 0 Å². The Labute approximate surface area is 130 Å². The van der Waals surface area contributed by atoms with Gasteiger partial charge in [-0.3, -0.25) is 4.90 Å². The normalized spacial score (nSPS) is 12.5. The minimum atomic E-state index is -0.443. The van der Waals surface area contributed by atoms with E-state index in [1.807, 2.05) is 18.2 Å². The van der Waals surface area contributed by atoms with Crippen molar-refractivity contribution in [1.82, 2.24) is 4.90 Å². The summed E-state index contributed by atoms with van der Waals surface area (Å²) in [5.41, 5.74) is 0.877. The standard InChI is InChI=1S/C18H22FNO2/c1-2-3-8-17(21)13-20(14-18-9-5-10-22-18)12-15-6-4-7-16(19)11-15/h2,4-7,9-11,17,21H,1,3,8,12-14H2/t17-/m1/s1. The lowest BCUT2D eigenvalue weighted by molar-refractivity contribution is 0.0944. The molecule has 2 rings (SSSR count). The molecule has 22 heavy (non-hydrogen) atoms. The Hall–Kier alpha value is -1.91. The van der Waals surface area contributed by atoms with Gasteiger partial charge in [0.2, 0.25) is 0 Å². The molecule has 4 heteroatoms. The van der Waals surface area contributed by atoms with Crippen LogP contribution < -0.4 is 0 Å². The van der Waals surface area contributed by atoms with Crippen LogP contribution in [0, 0.1) is 5.82 Å². The van der Waals surface area contributed by atoms with E-state index in [1.54, 1.807) is 18.4 Å². The van der Waals surface area contributed by atoms with Crippen molar-refractivity contribution in [2.24, 2.45) is 0 Å². The fourth-order valence-electron chi connectivity index (χ4n) is 2.40. The number of halogens is 1. The molecule has 2 aromatic rings. The Morgan fingerprint density at radius 1 is 1.27 bits per heavy atom. The molecule has 1 aromatic heterocycles. The van der Waals surface area contributed by atoms with Gasteiger partial charge in [-0.15, -0.1) is 6.58 Å². The molecule has 0 aliphatic rings. The number of hydrogen-bond acceptors (Lipinski definition) is 3. The van der Waals surface area contributed by atoms with Crippen molar-refractivity contribution in [3.05, 3.63) is 72.5 Å². The summed E-state index contributed by atoms with van der Waals surface area (Å²) < 4.78 is 18.7. The molecule has 118 valence electrons. The molecule has 0 spiro atoms. The highest BCUT2D eigenvalue weighted by molar-refractivity contribution is 5.16. The van der Waals surface area contributed by atoms with Gasteiger partial charge < -0.3 is 9.52 Å². The van der Waals surface area contributed by atoms with Crippen molar-refractivity contribution in [2.45, 2.75) is 32.0 Å². The average Bonchev–Trinajstić information content (AvgIpc) is 2.98. The molecule has 0 unspecified atom stereocenters. The van der Waals surface area contributed by atoms with Crippen molar-refractivity contribution < 1.29 is 13.9 Å². The van der Waals surface area contributed by atoms with Gasteiger partial charge in [-0.05, 0) is 42.7 Å². The maximum atomic E-state index is 13.3. The maximum absolute atomic E-state index is 13.3. The lowest BCUT2D eigenvalue weighted by atomic mass is 10.1. The number of rotatable bonds is 9. The molecule has 0 aliphatic heterocycles. The first-order chi connectivity index (χ1) is 10.7. The third-order valence-corrected chi connectivity index (χ3v) is 3.43. The Morgan fingerprint density at radius 2 is 2.14 bits per heavy atom. The van der Waals surface area contributed by atoms with Crippen molar-refractivity contribution in [1.29, 1.82) is 0 Å². The summed E-state index contributed by atoms with van der Waals surface area (Å²) in [7, 11) is 0. The van der Waals surface area contributed by atoms with Gasteiger partial charge in [0.05, 0.1) is 18.9 Å². The summed E-state index contributed by atoms with van der Waals surface area (Å²) >= 11 is 0. The van der Waals surface area contributed by atoms with Gasteiger partial charge in [-0.2, -0.15) is 0 Å². The van der Waals surface area contributed by atoms with E-state index in [-0.39, 0.29) is 5.82 Å². The highest BCUT2D eigenvalue weighted by Gasteiger charge is 2.14. The summed E-state index contributed by atoms with van der Waals surface area (Å²) in [6, 6.07) is 10.3. The largest absolute Gasteiger partial charge is 0.468 e. The van der Waals surface area contributed by atoms with E-state index in [2.05, 4.69) is 11.5 Å². The summed E-state index contributed by atoms with van der Waals surface area (Å²) in [5.74, 6) is 0.579. The number of nitrogens with zero attached hydrogens (tertiary/aromatic N) is 1. The predicted molar refractivity (Wildman–Crippen MR) is 84.7 cm³/mol. The second kappa shape index (κ2) is 8.51. The predicted octanol–water partition coefficient (Wildman–Crippen LogP) is 3.75. The van der Waals surface area contributed by atoms with Gasteiger partial charge in [0.15, 0.2) is 0 Å². The Bertz CT molecular complexity index is 568. The van der Waals surface area contributed by atoms with E-state index in [4.69, 9.17) is 4.42 Å². The first-order valence-electron chi connectivity index (χ1n) is 7.45. The molecule has 1 N–H and O–H groups in total. The number of benzene rings is 1. The lowest BCUT2D eigenvalue weighted by Crippen LogP contribution is -2.31. The van der Waals surface area contributed by atoms with Gasteiger partial charge in [0.1, 0.15) is 11.6 Å². The smallest absolute Gasteiger partial charge is 0.123 e. The van der Waals surface area contributed by atoms with E-state index < -0.39 is 6.10 Å². The van der Waals surface area contributed by atoms with Gasteiger partial charge >= 0.3 is 0 Å². The second-order valence-corrected chi connectivity index (χ2v) is 5.40. The zero-order valence-corrected chi connectivity index (χ0v) is 12.6. The molecule has 0 aliphatic carbocycles. The fraction of sp³-hybridized carbons (Fsp3) is 0.333. The summed E-state index contributed by atoms with van der Waals surface area (Å²) in [5, 5.41) is 10.1. The van der Waals surface area contributed by atoms with Gasteiger partial charge in [-0.1, -0.05) is 18.2 Å². The molecule has 0 amide bonds. The zero-order chi connectivity index (χ0) is 15.8. The van der Waals surface area contributed by atoms with E-state index >= 15 is 0 Å². The molecule has 1 aromatic carbocycles. The van der Waals surface area contributed by atoms with Crippen LogP contribution in [0.2, 0.25) is 0 Å². The van der Waals surface area contributed by atoms with Crippen molar-refractivity contribution in [2.75, 3.05) is 6.54 Å². The topological polar surface area (TPSA) is 36.6 Å². The number of allylic oxidation sites excluding steroid dienone is 1. The lowest BCUT2D eigenvalue weighted by Gasteiger charge is -2.24. The van der Waals surface area contributed by atoms with Gasteiger partial charge in [0.25, 0.3) is 0 Å². The van der Waals surface area contributed by atoms with E-state index in [9.17, 15) is 9.50 Å². The van der Waals surface area contributed by atoms with Crippen LogP contribution in [0.3, 0.4) is 0 Å². The number of furan rings is 1. The SMILES string of the molecule is C=CCC[C@@H](O)CN(Cc1cccc(F)c1)Cc1ccco1.